The molecule has 0 radical (unpaired) electrons. The van der Waals surface area contributed by atoms with Gasteiger partial charge in [0.1, 0.15) is 5.92 Å². The lowest BCUT2D eigenvalue weighted by molar-refractivity contribution is -0.920. The third kappa shape index (κ3) is 3.02. The van der Waals surface area contributed by atoms with Gasteiger partial charge in [-0.2, -0.15) is 15.8 Å². The number of para-hydroxylation sites is 1. The third-order valence-corrected chi connectivity index (χ3v) is 6.49. The van der Waals surface area contributed by atoms with Gasteiger partial charge >= 0.3 is 0 Å². The van der Waals surface area contributed by atoms with E-state index in [9.17, 15) is 15.8 Å². The molecule has 30 heavy (non-hydrogen) atoms. The molecule has 1 heterocycles. The first kappa shape index (κ1) is 21.4. The van der Waals surface area contributed by atoms with Crippen LogP contribution in [0, 0.1) is 56.7 Å². The molecule has 7 heteroatoms. The smallest absolute Gasteiger partial charge is 0.190 e. The van der Waals surface area contributed by atoms with E-state index in [-0.39, 0.29) is 11.6 Å². The molecule has 1 aliphatic carbocycles. The van der Waals surface area contributed by atoms with Crippen molar-refractivity contribution in [1.29, 1.82) is 21.2 Å². The molecule has 1 fully saturated rings. The van der Waals surface area contributed by atoms with Crippen molar-refractivity contribution >= 4 is 5.71 Å². The topological polar surface area (TPSA) is 118 Å². The average Bonchev–Trinajstić information content (AvgIpc) is 2.77. The molecule has 2 N–H and O–H groups in total. The van der Waals surface area contributed by atoms with Crippen LogP contribution < -0.4 is 14.4 Å². The SMILES string of the molecule is COc1cccc([C@@H]2[C@H]3C[NH+](C(C)C)CC=C3C(C#N)C(=N)C2(C#N)C#N)c1OC. The van der Waals surface area contributed by atoms with Gasteiger partial charge in [0.25, 0.3) is 0 Å². The van der Waals surface area contributed by atoms with Gasteiger partial charge in [-0.05, 0) is 31.6 Å². The van der Waals surface area contributed by atoms with Crippen LogP contribution in [0.15, 0.2) is 29.8 Å². The molecular weight excluding hydrogens is 378 g/mol. The number of hydrogen-bond acceptors (Lipinski definition) is 6. The summed E-state index contributed by atoms with van der Waals surface area (Å²) in [5, 5.41) is 38.9. The van der Waals surface area contributed by atoms with Crippen molar-refractivity contribution in [2.24, 2.45) is 17.3 Å². The zero-order valence-corrected chi connectivity index (χ0v) is 17.7. The van der Waals surface area contributed by atoms with Crippen molar-refractivity contribution < 1.29 is 14.4 Å². The summed E-state index contributed by atoms with van der Waals surface area (Å²) in [6.45, 7) is 5.68. The zero-order chi connectivity index (χ0) is 22.1. The Balaban J connectivity index is 2.32. The molecule has 0 amide bonds. The summed E-state index contributed by atoms with van der Waals surface area (Å²) in [6.07, 6.45) is 2.03. The molecule has 2 unspecified atom stereocenters. The molecule has 1 aliphatic heterocycles. The van der Waals surface area contributed by atoms with Gasteiger partial charge in [-0.1, -0.05) is 12.1 Å². The highest BCUT2D eigenvalue weighted by molar-refractivity contribution is 6.01. The Morgan fingerprint density at radius 2 is 1.87 bits per heavy atom. The number of hydrogen-bond donors (Lipinski definition) is 2. The van der Waals surface area contributed by atoms with E-state index >= 15 is 0 Å². The summed E-state index contributed by atoms with van der Waals surface area (Å²) in [7, 11) is 3.06. The van der Waals surface area contributed by atoms with Crippen molar-refractivity contribution in [1.82, 2.24) is 0 Å². The van der Waals surface area contributed by atoms with Crippen molar-refractivity contribution in [3.63, 3.8) is 0 Å². The van der Waals surface area contributed by atoms with Gasteiger partial charge in [0.2, 0.25) is 0 Å². The van der Waals surface area contributed by atoms with E-state index in [4.69, 9.17) is 14.9 Å². The summed E-state index contributed by atoms with van der Waals surface area (Å²) in [5.74, 6) is -0.789. The lowest BCUT2D eigenvalue weighted by Crippen LogP contribution is -3.16. The number of nitrogens with one attached hydrogen (secondary N) is 2. The van der Waals surface area contributed by atoms with Crippen LogP contribution in [-0.2, 0) is 0 Å². The first-order valence-electron chi connectivity index (χ1n) is 9.96. The van der Waals surface area contributed by atoms with Gasteiger partial charge in [0.05, 0.1) is 57.3 Å². The Bertz CT molecular complexity index is 994. The van der Waals surface area contributed by atoms with E-state index in [0.29, 0.717) is 29.6 Å². The molecule has 1 saturated carbocycles. The van der Waals surface area contributed by atoms with Crippen molar-refractivity contribution in [3.8, 4) is 29.7 Å². The fraction of sp³-hybridized carbons (Fsp3) is 0.478. The van der Waals surface area contributed by atoms with E-state index in [0.717, 1.165) is 12.1 Å². The zero-order valence-electron chi connectivity index (χ0n) is 17.7. The number of quaternary nitrogens is 1. The van der Waals surface area contributed by atoms with Gasteiger partial charge in [0.15, 0.2) is 16.9 Å². The van der Waals surface area contributed by atoms with Crippen molar-refractivity contribution in [2.45, 2.75) is 25.8 Å². The van der Waals surface area contributed by atoms with Crippen LogP contribution in [0.1, 0.15) is 25.3 Å². The summed E-state index contributed by atoms with van der Waals surface area (Å²) >= 11 is 0. The molecule has 0 spiro atoms. The minimum Gasteiger partial charge on any atom is -0.493 e. The molecule has 1 aromatic carbocycles. The molecule has 3 rings (SSSR count). The van der Waals surface area contributed by atoms with Gasteiger partial charge in [-0.3, -0.25) is 0 Å². The second-order valence-electron chi connectivity index (χ2n) is 8.10. The summed E-state index contributed by atoms with van der Waals surface area (Å²) < 4.78 is 11.1. The minimum absolute atomic E-state index is 0.152. The predicted octanol–water partition coefficient (Wildman–Crippen LogP) is 1.84. The van der Waals surface area contributed by atoms with Crippen LogP contribution in [0.2, 0.25) is 0 Å². The molecular formula is C23H26N5O2+. The maximum atomic E-state index is 10.2. The van der Waals surface area contributed by atoms with Crippen molar-refractivity contribution in [2.75, 3.05) is 27.3 Å². The molecule has 0 aromatic heterocycles. The average molecular weight is 404 g/mol. The predicted molar refractivity (Wildman–Crippen MR) is 110 cm³/mol. The Hall–Kier alpha value is -3.34. The second kappa shape index (κ2) is 8.19. The van der Waals surface area contributed by atoms with E-state index in [2.05, 4.69) is 32.1 Å². The molecule has 0 bridgehead atoms. The minimum atomic E-state index is -1.76. The van der Waals surface area contributed by atoms with Crippen LogP contribution in [0.4, 0.5) is 0 Å². The molecule has 4 atom stereocenters. The van der Waals surface area contributed by atoms with Crippen LogP contribution in [0.3, 0.4) is 0 Å². The molecule has 7 nitrogen and oxygen atoms in total. The monoisotopic (exact) mass is 404 g/mol. The van der Waals surface area contributed by atoms with Gasteiger partial charge in [-0.25, -0.2) is 0 Å². The fourth-order valence-electron chi connectivity index (χ4n) is 4.89. The highest BCUT2D eigenvalue weighted by Gasteiger charge is 2.59. The molecule has 154 valence electrons. The summed E-state index contributed by atoms with van der Waals surface area (Å²) in [6, 6.07) is 12.2. The molecule has 0 saturated heterocycles. The van der Waals surface area contributed by atoms with Gasteiger partial charge in [-0.15, -0.1) is 0 Å². The van der Waals surface area contributed by atoms with E-state index < -0.39 is 17.3 Å². The normalized spacial score (nSPS) is 27.1. The largest absolute Gasteiger partial charge is 0.493 e. The first-order chi connectivity index (χ1) is 14.4. The number of methoxy groups -OCH3 is 2. The van der Waals surface area contributed by atoms with Crippen LogP contribution in [0.25, 0.3) is 0 Å². The standard InChI is InChI=1S/C23H25N5O2/c1-14(2)28-9-8-15-17(10-24)22(27)23(12-25,13-26)20(18(15)11-28)16-6-5-7-19(29-3)21(16)30-4/h5-8,14,17-18,20,27H,9,11H2,1-4H3/p+1/t17?,18-,20+/m0/s1. The second-order valence-corrected chi connectivity index (χ2v) is 8.10. The Morgan fingerprint density at radius 1 is 1.17 bits per heavy atom. The van der Waals surface area contributed by atoms with Crippen LogP contribution in [-0.4, -0.2) is 39.1 Å². The van der Waals surface area contributed by atoms with E-state index in [1.54, 1.807) is 12.1 Å². The molecule has 2 aliphatic rings. The highest BCUT2D eigenvalue weighted by Crippen LogP contribution is 2.55. The van der Waals surface area contributed by atoms with Gasteiger partial charge in [0, 0.05) is 17.4 Å². The fourth-order valence-corrected chi connectivity index (χ4v) is 4.89. The van der Waals surface area contributed by atoms with Gasteiger partial charge < -0.3 is 19.8 Å². The molecule has 1 aromatic rings. The van der Waals surface area contributed by atoms with Crippen molar-refractivity contribution in [3.05, 3.63) is 35.4 Å². The number of ether oxygens (including phenoxy) is 2. The number of nitrogens with zero attached hydrogens (tertiary/aromatic N) is 3. The number of fused-ring (bicyclic) bond motifs is 1. The van der Waals surface area contributed by atoms with E-state index in [1.807, 2.05) is 12.1 Å². The van der Waals surface area contributed by atoms with Crippen LogP contribution in [0.5, 0.6) is 11.5 Å². The Kier molecular flexibility index (Phi) is 5.83. The quantitative estimate of drug-likeness (QED) is 0.743. The van der Waals surface area contributed by atoms with Crippen LogP contribution >= 0.6 is 0 Å². The third-order valence-electron chi connectivity index (χ3n) is 6.49. The number of rotatable bonds is 4. The Labute approximate surface area is 177 Å². The lowest BCUT2D eigenvalue weighted by atomic mass is 9.54. The number of benzene rings is 1. The summed E-state index contributed by atoms with van der Waals surface area (Å²) in [4.78, 5) is 1.31. The first-order valence-corrected chi connectivity index (χ1v) is 9.96. The maximum Gasteiger partial charge on any atom is 0.190 e. The lowest BCUT2D eigenvalue weighted by Gasteiger charge is -2.47. The number of nitriles is 3. The highest BCUT2D eigenvalue weighted by atomic mass is 16.5. The van der Waals surface area contributed by atoms with E-state index in [1.165, 1.54) is 19.1 Å². The maximum absolute atomic E-state index is 10.2. The summed E-state index contributed by atoms with van der Waals surface area (Å²) in [5.41, 5.74) is -0.424. The Morgan fingerprint density at radius 3 is 2.40 bits per heavy atom.